The maximum Gasteiger partial charge on any atom is 0.326 e. The van der Waals surface area contributed by atoms with Crippen LogP contribution >= 0.6 is 37.6 Å². The molecule has 0 spiro atoms. The van der Waals surface area contributed by atoms with Gasteiger partial charge in [-0.15, -0.1) is 0 Å². The molecule has 0 aliphatic carbocycles. The van der Waals surface area contributed by atoms with Gasteiger partial charge in [0.05, 0.1) is 21.5 Å². The Labute approximate surface area is 97.8 Å². The summed E-state index contributed by atoms with van der Waals surface area (Å²) in [6.07, 6.45) is 4.01. The third kappa shape index (κ3) is 4.02. The maximum absolute atomic E-state index is 11.4. The van der Waals surface area contributed by atoms with Gasteiger partial charge in [-0.2, -0.15) is 0 Å². The zero-order valence-corrected chi connectivity index (χ0v) is 12.5. The Morgan fingerprint density at radius 3 is 2.73 bits per heavy atom. The lowest BCUT2D eigenvalue weighted by Crippen LogP contribution is -2.31. The number of carbonyl (C=O) groups is 1. The van der Waals surface area contributed by atoms with Crippen LogP contribution in [0.5, 0.6) is 0 Å². The molecule has 0 saturated carbocycles. The van der Waals surface area contributed by atoms with Crippen LogP contribution in [0.4, 0.5) is 0 Å². The summed E-state index contributed by atoms with van der Waals surface area (Å²) in [5.74, 6) is -0.316. The molecule has 0 aliphatic rings. The van der Waals surface area contributed by atoms with E-state index in [2.05, 4.69) is 37.7 Å². The van der Waals surface area contributed by atoms with Crippen LogP contribution in [0.15, 0.2) is 12.5 Å². The fourth-order valence-electron chi connectivity index (χ4n) is 1.07. The highest BCUT2D eigenvalue weighted by molar-refractivity contribution is 7.31. The molecule has 1 heterocycles. The molecule has 0 radical (unpaired) electrons. The van der Waals surface area contributed by atoms with Crippen molar-refractivity contribution in [3.05, 3.63) is 18.2 Å². The molecule has 5 nitrogen and oxygen atoms in total. The molecule has 0 fully saturated rings. The molecule has 0 saturated heterocycles. The number of rotatable bonds is 4. The zero-order chi connectivity index (χ0) is 11.4. The smallest absolute Gasteiger partial charge is 0.326 e. The number of hydrogen-bond donors (Lipinski definition) is 0. The van der Waals surface area contributed by atoms with E-state index in [0.29, 0.717) is 6.42 Å². The van der Waals surface area contributed by atoms with Crippen molar-refractivity contribution in [2.75, 3.05) is 0 Å². The van der Waals surface area contributed by atoms with E-state index in [-0.39, 0.29) is 12.0 Å². The molecule has 1 aromatic heterocycles. The monoisotopic (exact) mass is 283 g/mol. The second-order valence-corrected chi connectivity index (χ2v) is 5.54. The number of nitrogens with zero attached hydrogens (tertiary/aromatic N) is 3. The highest BCUT2D eigenvalue weighted by Gasteiger charge is 2.23. The Kier molecular flexibility index (Phi) is 5.53. The van der Waals surface area contributed by atoms with Crippen LogP contribution in [-0.4, -0.2) is 25.8 Å². The van der Waals surface area contributed by atoms with Crippen molar-refractivity contribution in [3.8, 4) is 0 Å². The molecule has 0 aromatic carbocycles. The summed E-state index contributed by atoms with van der Waals surface area (Å²) in [7, 11) is 9.27. The fourth-order valence-corrected chi connectivity index (χ4v) is 1.92. The van der Waals surface area contributed by atoms with E-state index in [0.717, 1.165) is 5.69 Å². The molecule has 84 valence electrons. The lowest BCUT2D eigenvalue weighted by Gasteiger charge is -2.19. The van der Waals surface area contributed by atoms with Crippen molar-refractivity contribution in [2.24, 2.45) is 0 Å². The van der Waals surface area contributed by atoms with Crippen LogP contribution < -0.4 is 0 Å². The lowest BCUT2D eigenvalue weighted by molar-refractivity contribution is -0.136. The van der Waals surface area contributed by atoms with Crippen LogP contribution in [0.1, 0.15) is 5.69 Å². The van der Waals surface area contributed by atoms with Gasteiger partial charge < -0.3 is 8.86 Å². The molecule has 0 N–H and O–H groups in total. The topological polar surface area (TPSA) is 47.4 Å². The van der Waals surface area contributed by atoms with Crippen LogP contribution in [0.2, 0.25) is 0 Å². The quantitative estimate of drug-likeness (QED) is 0.761. The summed E-state index contributed by atoms with van der Waals surface area (Å²) in [5.41, 5.74) is 0.834. The zero-order valence-electron chi connectivity index (χ0n) is 7.91. The van der Waals surface area contributed by atoms with Gasteiger partial charge in [-0.25, -0.2) is 4.98 Å². The van der Waals surface area contributed by atoms with Crippen LogP contribution in [0.3, 0.4) is 0 Å². The van der Waals surface area contributed by atoms with Gasteiger partial charge in [0.2, 0.25) is 0 Å². The van der Waals surface area contributed by atoms with Gasteiger partial charge in [-0.3, -0.25) is 9.24 Å². The maximum atomic E-state index is 11.4. The third-order valence-corrected chi connectivity index (χ3v) is 3.04. The minimum atomic E-state index is -0.377. The standard InChI is InChI=1S/C6H13N3O2P4/c10-6(11-15)5(9(13)14)1-4-2-8(12)3-7-4/h2-3,5H,1,12-15H2. The summed E-state index contributed by atoms with van der Waals surface area (Å²) in [5, 5.41) is 0. The summed E-state index contributed by atoms with van der Waals surface area (Å²) in [6.45, 7) is 0. The fraction of sp³-hybridized carbons (Fsp3) is 0.333. The van der Waals surface area contributed by atoms with Crippen molar-refractivity contribution in [1.82, 2.24) is 13.8 Å². The van der Waals surface area contributed by atoms with Gasteiger partial charge in [0.1, 0.15) is 6.04 Å². The predicted molar refractivity (Wildman–Crippen MR) is 71.9 cm³/mol. The van der Waals surface area contributed by atoms with Gasteiger partial charge in [-0.1, -0.05) is 18.8 Å². The first-order valence-corrected chi connectivity index (χ1v) is 6.03. The van der Waals surface area contributed by atoms with Gasteiger partial charge >= 0.3 is 5.97 Å². The van der Waals surface area contributed by atoms with Gasteiger partial charge in [0.25, 0.3) is 0 Å². The molecule has 0 aliphatic heterocycles. The van der Waals surface area contributed by atoms with Crippen molar-refractivity contribution in [1.29, 1.82) is 0 Å². The average Bonchev–Trinajstić information content (AvgIpc) is 2.59. The first-order valence-electron chi connectivity index (χ1n) is 4.01. The number of aromatic nitrogens is 2. The second kappa shape index (κ2) is 6.18. The van der Waals surface area contributed by atoms with E-state index >= 15 is 0 Å². The summed E-state index contributed by atoms with van der Waals surface area (Å²) < 4.78 is 8.03. The Morgan fingerprint density at radius 1 is 1.67 bits per heavy atom. The van der Waals surface area contributed by atoms with E-state index < -0.39 is 0 Å². The number of hydrogen-bond acceptors (Lipinski definition) is 4. The molecule has 0 amide bonds. The third-order valence-electron chi connectivity index (χ3n) is 1.81. The molecular formula is C6H13N3O2P4. The van der Waals surface area contributed by atoms with Crippen LogP contribution in [0, 0.1) is 0 Å². The minimum absolute atomic E-state index is 0.316. The van der Waals surface area contributed by atoms with E-state index in [9.17, 15) is 4.79 Å². The molecule has 5 unspecified atom stereocenters. The number of carbonyl (C=O) groups excluding carboxylic acids is 1. The van der Waals surface area contributed by atoms with Gasteiger partial charge in [0, 0.05) is 12.6 Å². The van der Waals surface area contributed by atoms with E-state index in [1.165, 1.54) is 0 Å². The Balaban J connectivity index is 2.71. The van der Waals surface area contributed by atoms with Crippen LogP contribution in [-0.2, 0) is 15.7 Å². The van der Waals surface area contributed by atoms with Crippen molar-refractivity contribution in [3.63, 3.8) is 0 Å². The second-order valence-electron chi connectivity index (χ2n) is 2.92. The molecular weight excluding hydrogens is 270 g/mol. The predicted octanol–water partition coefficient (Wildman–Crippen LogP) is 0.648. The van der Waals surface area contributed by atoms with Gasteiger partial charge in [-0.05, 0) is 9.39 Å². The van der Waals surface area contributed by atoms with Crippen molar-refractivity contribution >= 4 is 43.6 Å². The molecule has 5 atom stereocenters. The van der Waals surface area contributed by atoms with E-state index in [1.807, 2.05) is 15.7 Å². The number of imidazole rings is 1. The molecule has 15 heavy (non-hydrogen) atoms. The summed E-state index contributed by atoms with van der Waals surface area (Å²) in [6, 6.07) is -0.377. The lowest BCUT2D eigenvalue weighted by atomic mass is 10.2. The largest absolute Gasteiger partial charge is 0.450 e. The highest BCUT2D eigenvalue weighted by atomic mass is 31.1. The molecule has 0 bridgehead atoms. The SMILES string of the molecule is O=C(OP)C(Cc1cn(P)cn1)N(P)P. The Hall–Kier alpha value is 0.360. The Bertz CT molecular complexity index is 343. The summed E-state index contributed by atoms with van der Waals surface area (Å²) >= 11 is 0. The van der Waals surface area contributed by atoms with Crippen LogP contribution in [0.25, 0.3) is 0 Å². The van der Waals surface area contributed by atoms with E-state index in [4.69, 9.17) is 0 Å². The summed E-state index contributed by atoms with van der Waals surface area (Å²) in [4.78, 5) is 15.6. The normalized spacial score (nSPS) is 12.9. The Morgan fingerprint density at radius 2 is 2.33 bits per heavy atom. The molecule has 1 rings (SSSR count). The molecule has 1 aromatic rings. The minimum Gasteiger partial charge on any atom is -0.450 e. The highest BCUT2D eigenvalue weighted by Crippen LogP contribution is 2.18. The average molecular weight is 283 g/mol. The first kappa shape index (κ1) is 13.4. The van der Waals surface area contributed by atoms with Crippen molar-refractivity contribution in [2.45, 2.75) is 12.5 Å². The molecule has 9 heteroatoms. The first-order chi connectivity index (χ1) is 7.04. The van der Waals surface area contributed by atoms with Gasteiger partial charge in [0.15, 0.2) is 0 Å². The van der Waals surface area contributed by atoms with E-state index in [1.54, 1.807) is 15.1 Å². The van der Waals surface area contributed by atoms with Crippen molar-refractivity contribution < 1.29 is 9.32 Å².